The van der Waals surface area contributed by atoms with Gasteiger partial charge in [-0.15, -0.1) is 0 Å². The zero-order valence-corrected chi connectivity index (χ0v) is 10.1. The summed E-state index contributed by atoms with van der Waals surface area (Å²) in [6.07, 6.45) is 0. The third kappa shape index (κ3) is 4.19. The van der Waals surface area contributed by atoms with E-state index in [1.807, 2.05) is 0 Å². The molecule has 0 heterocycles. The van der Waals surface area contributed by atoms with Gasteiger partial charge in [0, 0.05) is 6.54 Å². The quantitative estimate of drug-likeness (QED) is 0.422. The SMILES string of the molecule is COc1ccc(OCCOCCN)c([N+](=O)[O-])c1. The van der Waals surface area contributed by atoms with E-state index in [9.17, 15) is 10.1 Å². The Balaban J connectivity index is 2.61. The minimum atomic E-state index is -0.515. The number of methoxy groups -OCH3 is 1. The fourth-order valence-corrected chi connectivity index (χ4v) is 1.28. The van der Waals surface area contributed by atoms with Crippen LogP contribution in [0.1, 0.15) is 0 Å². The first-order chi connectivity index (χ1) is 8.69. The standard InChI is InChI=1S/C11H16N2O5/c1-16-9-2-3-11(10(8-9)13(14)15)18-7-6-17-5-4-12/h2-3,8H,4-7,12H2,1H3. The average Bonchev–Trinajstić information content (AvgIpc) is 2.38. The fourth-order valence-electron chi connectivity index (χ4n) is 1.28. The van der Waals surface area contributed by atoms with Crippen LogP contribution in [0, 0.1) is 10.1 Å². The molecule has 1 aromatic rings. The first-order valence-electron chi connectivity index (χ1n) is 5.42. The number of rotatable bonds is 8. The highest BCUT2D eigenvalue weighted by molar-refractivity contribution is 5.50. The summed E-state index contributed by atoms with van der Waals surface area (Å²) >= 11 is 0. The molecular weight excluding hydrogens is 240 g/mol. The van der Waals surface area contributed by atoms with Gasteiger partial charge in [0.25, 0.3) is 0 Å². The summed E-state index contributed by atoms with van der Waals surface area (Å²) in [5.74, 6) is 0.602. The lowest BCUT2D eigenvalue weighted by molar-refractivity contribution is -0.386. The van der Waals surface area contributed by atoms with Gasteiger partial charge in [-0.1, -0.05) is 0 Å². The maximum atomic E-state index is 10.8. The van der Waals surface area contributed by atoms with Crippen molar-refractivity contribution in [1.29, 1.82) is 0 Å². The van der Waals surface area contributed by atoms with E-state index in [4.69, 9.17) is 19.9 Å². The largest absolute Gasteiger partial charge is 0.496 e. The van der Waals surface area contributed by atoms with Crippen molar-refractivity contribution in [2.45, 2.75) is 0 Å². The van der Waals surface area contributed by atoms with Crippen LogP contribution in [-0.4, -0.2) is 38.4 Å². The van der Waals surface area contributed by atoms with Gasteiger partial charge < -0.3 is 19.9 Å². The molecule has 0 saturated carbocycles. The summed E-state index contributed by atoms with van der Waals surface area (Å²) in [5.41, 5.74) is 5.12. The predicted molar refractivity (Wildman–Crippen MR) is 65.0 cm³/mol. The van der Waals surface area contributed by atoms with Crippen molar-refractivity contribution in [2.24, 2.45) is 5.73 Å². The van der Waals surface area contributed by atoms with E-state index in [0.29, 0.717) is 25.5 Å². The van der Waals surface area contributed by atoms with Crippen molar-refractivity contribution >= 4 is 5.69 Å². The van der Waals surface area contributed by atoms with Crippen LogP contribution in [0.5, 0.6) is 11.5 Å². The monoisotopic (exact) mass is 256 g/mol. The van der Waals surface area contributed by atoms with E-state index in [1.165, 1.54) is 19.2 Å². The van der Waals surface area contributed by atoms with E-state index in [1.54, 1.807) is 6.07 Å². The molecule has 0 radical (unpaired) electrons. The molecule has 0 atom stereocenters. The zero-order valence-electron chi connectivity index (χ0n) is 10.1. The molecule has 0 saturated heterocycles. The molecule has 1 rings (SSSR count). The van der Waals surface area contributed by atoms with Crippen molar-refractivity contribution in [3.05, 3.63) is 28.3 Å². The molecule has 2 N–H and O–H groups in total. The Hall–Kier alpha value is -1.86. The number of benzene rings is 1. The lowest BCUT2D eigenvalue weighted by Gasteiger charge is -2.08. The highest BCUT2D eigenvalue weighted by Gasteiger charge is 2.16. The van der Waals surface area contributed by atoms with Gasteiger partial charge in [0.05, 0.1) is 31.3 Å². The molecule has 0 unspecified atom stereocenters. The molecule has 0 aliphatic rings. The summed E-state index contributed by atoms with van der Waals surface area (Å²) < 4.78 is 15.3. The number of hydrogen-bond donors (Lipinski definition) is 1. The molecule has 0 aromatic heterocycles. The van der Waals surface area contributed by atoms with Crippen LogP contribution < -0.4 is 15.2 Å². The molecule has 0 aliphatic carbocycles. The first-order valence-corrected chi connectivity index (χ1v) is 5.42. The van der Waals surface area contributed by atoms with Gasteiger partial charge in [0.15, 0.2) is 5.75 Å². The summed E-state index contributed by atoms with van der Waals surface area (Å²) in [7, 11) is 1.44. The lowest BCUT2D eigenvalue weighted by Crippen LogP contribution is -2.13. The van der Waals surface area contributed by atoms with Gasteiger partial charge in [-0.3, -0.25) is 10.1 Å². The molecule has 7 heteroatoms. The smallest absolute Gasteiger partial charge is 0.314 e. The Labute approximate surface area is 105 Å². The Morgan fingerprint density at radius 1 is 1.33 bits per heavy atom. The van der Waals surface area contributed by atoms with Crippen molar-refractivity contribution in [2.75, 3.05) is 33.5 Å². The number of ether oxygens (including phenoxy) is 3. The average molecular weight is 256 g/mol. The molecule has 0 spiro atoms. The Morgan fingerprint density at radius 2 is 2.11 bits per heavy atom. The second-order valence-corrected chi connectivity index (χ2v) is 3.34. The molecule has 18 heavy (non-hydrogen) atoms. The Kier molecular flexibility index (Phi) is 5.89. The normalized spacial score (nSPS) is 10.1. The van der Waals surface area contributed by atoms with Gasteiger partial charge in [0.1, 0.15) is 12.4 Å². The Bertz CT molecular complexity index is 397. The molecule has 0 bridgehead atoms. The van der Waals surface area contributed by atoms with E-state index in [0.717, 1.165) is 0 Å². The van der Waals surface area contributed by atoms with Crippen molar-refractivity contribution < 1.29 is 19.1 Å². The van der Waals surface area contributed by atoms with Crippen LogP contribution >= 0.6 is 0 Å². The fraction of sp³-hybridized carbons (Fsp3) is 0.455. The van der Waals surface area contributed by atoms with Gasteiger partial charge >= 0.3 is 5.69 Å². The summed E-state index contributed by atoms with van der Waals surface area (Å²) in [6, 6.07) is 4.42. The lowest BCUT2D eigenvalue weighted by atomic mass is 10.3. The van der Waals surface area contributed by atoms with Gasteiger partial charge in [-0.05, 0) is 12.1 Å². The van der Waals surface area contributed by atoms with Crippen LogP contribution in [0.3, 0.4) is 0 Å². The van der Waals surface area contributed by atoms with Gasteiger partial charge in [-0.25, -0.2) is 0 Å². The second-order valence-electron chi connectivity index (χ2n) is 3.34. The van der Waals surface area contributed by atoms with Crippen molar-refractivity contribution in [1.82, 2.24) is 0 Å². The maximum Gasteiger partial charge on any atom is 0.314 e. The number of nitrogens with two attached hydrogens (primary N) is 1. The molecule has 0 fully saturated rings. The molecule has 0 amide bonds. The van der Waals surface area contributed by atoms with Crippen LogP contribution in [0.4, 0.5) is 5.69 Å². The number of nitrogens with zero attached hydrogens (tertiary/aromatic N) is 1. The van der Waals surface area contributed by atoms with E-state index >= 15 is 0 Å². The number of nitro groups is 1. The maximum absolute atomic E-state index is 10.8. The minimum Gasteiger partial charge on any atom is -0.496 e. The number of nitro benzene ring substituents is 1. The third-order valence-electron chi connectivity index (χ3n) is 2.11. The second kappa shape index (κ2) is 7.46. The Morgan fingerprint density at radius 3 is 2.72 bits per heavy atom. The predicted octanol–water partition coefficient (Wildman–Crippen LogP) is 0.958. The minimum absolute atomic E-state index is 0.131. The van der Waals surface area contributed by atoms with Gasteiger partial charge in [-0.2, -0.15) is 0 Å². The van der Waals surface area contributed by atoms with Crippen LogP contribution in [0.2, 0.25) is 0 Å². The number of hydrogen-bond acceptors (Lipinski definition) is 6. The molecule has 0 aliphatic heterocycles. The highest BCUT2D eigenvalue weighted by Crippen LogP contribution is 2.30. The molecular formula is C11H16N2O5. The third-order valence-corrected chi connectivity index (χ3v) is 2.11. The zero-order chi connectivity index (χ0) is 13.4. The van der Waals surface area contributed by atoms with Gasteiger partial charge in [0.2, 0.25) is 0 Å². The first kappa shape index (κ1) is 14.2. The van der Waals surface area contributed by atoms with Crippen molar-refractivity contribution in [3.8, 4) is 11.5 Å². The van der Waals surface area contributed by atoms with E-state index in [2.05, 4.69) is 0 Å². The molecule has 7 nitrogen and oxygen atoms in total. The molecule has 100 valence electrons. The summed E-state index contributed by atoms with van der Waals surface area (Å²) in [5, 5.41) is 10.8. The van der Waals surface area contributed by atoms with E-state index in [-0.39, 0.29) is 18.0 Å². The summed E-state index contributed by atoms with van der Waals surface area (Å²) in [6.45, 7) is 1.43. The van der Waals surface area contributed by atoms with Crippen LogP contribution in [0.25, 0.3) is 0 Å². The topological polar surface area (TPSA) is 96.8 Å². The summed E-state index contributed by atoms with van der Waals surface area (Å²) in [4.78, 5) is 10.3. The van der Waals surface area contributed by atoms with Crippen LogP contribution in [-0.2, 0) is 4.74 Å². The molecule has 1 aromatic carbocycles. The highest BCUT2D eigenvalue weighted by atomic mass is 16.6. The van der Waals surface area contributed by atoms with E-state index < -0.39 is 4.92 Å². The van der Waals surface area contributed by atoms with Crippen LogP contribution in [0.15, 0.2) is 18.2 Å². The van der Waals surface area contributed by atoms with Crippen molar-refractivity contribution in [3.63, 3.8) is 0 Å².